The summed E-state index contributed by atoms with van der Waals surface area (Å²) in [5.41, 5.74) is 1.84. The van der Waals surface area contributed by atoms with E-state index in [-0.39, 0.29) is 4.90 Å². The molecule has 3 rings (SSSR count). The molecule has 8 heteroatoms. The molecule has 5 nitrogen and oxygen atoms in total. The van der Waals surface area contributed by atoms with E-state index in [9.17, 15) is 8.42 Å². The van der Waals surface area contributed by atoms with Gasteiger partial charge in [-0.2, -0.15) is 0 Å². The van der Waals surface area contributed by atoms with Crippen molar-refractivity contribution in [1.29, 1.82) is 0 Å². The van der Waals surface area contributed by atoms with Crippen molar-refractivity contribution < 1.29 is 8.42 Å². The zero-order valence-electron chi connectivity index (χ0n) is 14.5. The van der Waals surface area contributed by atoms with E-state index in [0.29, 0.717) is 11.6 Å². The fourth-order valence-corrected chi connectivity index (χ4v) is 4.16. The van der Waals surface area contributed by atoms with E-state index in [2.05, 4.69) is 31.0 Å². The van der Waals surface area contributed by atoms with Crippen LogP contribution < -0.4 is 10.0 Å². The first-order chi connectivity index (χ1) is 13.0. The number of aromatic nitrogens is 1. The number of sulfonamides is 1. The second-order valence-corrected chi connectivity index (χ2v) is 9.12. The van der Waals surface area contributed by atoms with Crippen molar-refractivity contribution in [2.75, 3.05) is 18.4 Å². The van der Waals surface area contributed by atoms with Gasteiger partial charge in [0.05, 0.1) is 10.4 Å². The Bertz CT molecular complexity index is 1030. The van der Waals surface area contributed by atoms with Crippen LogP contribution in [0, 0.1) is 0 Å². The Balaban J connectivity index is 1.47. The standard InChI is InChI=1S/C19H19BrClN3O2S/c20-14-3-6-16(7-4-14)27(25,26)24-11-2-1-10-22-18-9-12-23-19-13-15(21)5-8-17(18)19/h3-9,12-13,24H,1-2,10-11H2,(H,22,23). The Hall–Kier alpha value is -1.67. The third-order valence-electron chi connectivity index (χ3n) is 4.04. The van der Waals surface area contributed by atoms with Gasteiger partial charge in [-0.25, -0.2) is 13.1 Å². The number of nitrogens with one attached hydrogen (secondary N) is 2. The summed E-state index contributed by atoms with van der Waals surface area (Å²) in [7, 11) is -3.46. The number of benzene rings is 2. The van der Waals surface area contributed by atoms with Gasteiger partial charge in [0, 0.05) is 39.9 Å². The van der Waals surface area contributed by atoms with Crippen LogP contribution in [-0.4, -0.2) is 26.5 Å². The second-order valence-electron chi connectivity index (χ2n) is 6.01. The molecule has 0 bridgehead atoms. The number of halogens is 2. The number of nitrogens with zero attached hydrogens (tertiary/aromatic N) is 1. The average Bonchev–Trinajstić information content (AvgIpc) is 2.64. The van der Waals surface area contributed by atoms with Gasteiger partial charge in [-0.05, 0) is 61.4 Å². The molecule has 1 aromatic heterocycles. The monoisotopic (exact) mass is 467 g/mol. The Morgan fingerprint density at radius 3 is 2.52 bits per heavy atom. The molecule has 0 aliphatic heterocycles. The van der Waals surface area contributed by atoms with Crippen molar-refractivity contribution in [2.45, 2.75) is 17.7 Å². The Morgan fingerprint density at radius 2 is 1.74 bits per heavy atom. The molecule has 0 spiro atoms. The first-order valence-electron chi connectivity index (χ1n) is 8.49. The van der Waals surface area contributed by atoms with Crippen LogP contribution in [0.25, 0.3) is 10.9 Å². The summed E-state index contributed by atoms with van der Waals surface area (Å²) in [6, 6.07) is 14.1. The smallest absolute Gasteiger partial charge is 0.240 e. The van der Waals surface area contributed by atoms with Gasteiger partial charge in [0.2, 0.25) is 10.0 Å². The summed E-state index contributed by atoms with van der Waals surface area (Å²) in [6.07, 6.45) is 3.31. The molecule has 0 fully saturated rings. The van der Waals surface area contributed by atoms with Gasteiger partial charge in [0.15, 0.2) is 0 Å². The Morgan fingerprint density at radius 1 is 1.00 bits per heavy atom. The van der Waals surface area contributed by atoms with Crippen molar-refractivity contribution in [3.63, 3.8) is 0 Å². The predicted molar refractivity (Wildman–Crippen MR) is 114 cm³/mol. The second kappa shape index (κ2) is 9.01. The lowest BCUT2D eigenvalue weighted by atomic mass is 10.2. The van der Waals surface area contributed by atoms with Crippen molar-refractivity contribution >= 4 is 54.1 Å². The highest BCUT2D eigenvalue weighted by Gasteiger charge is 2.12. The molecule has 0 unspecified atom stereocenters. The van der Waals surface area contributed by atoms with Gasteiger partial charge in [0.1, 0.15) is 0 Å². The molecule has 0 amide bonds. The summed E-state index contributed by atoms with van der Waals surface area (Å²) >= 11 is 9.30. The summed E-state index contributed by atoms with van der Waals surface area (Å²) in [4.78, 5) is 4.59. The molecule has 2 aromatic carbocycles. The lowest BCUT2D eigenvalue weighted by Gasteiger charge is -2.10. The quantitative estimate of drug-likeness (QED) is 0.465. The zero-order chi connectivity index (χ0) is 19.3. The Kier molecular flexibility index (Phi) is 6.70. The van der Waals surface area contributed by atoms with Crippen LogP contribution in [0.3, 0.4) is 0 Å². The molecular formula is C19H19BrClN3O2S. The molecule has 3 aromatic rings. The predicted octanol–water partition coefficient (Wildman–Crippen LogP) is 4.82. The highest BCUT2D eigenvalue weighted by atomic mass is 79.9. The van der Waals surface area contributed by atoms with E-state index in [1.807, 2.05) is 24.3 Å². The first kappa shape index (κ1) is 20.1. The topological polar surface area (TPSA) is 71.1 Å². The minimum Gasteiger partial charge on any atom is -0.384 e. The lowest BCUT2D eigenvalue weighted by molar-refractivity contribution is 0.577. The van der Waals surface area contributed by atoms with E-state index in [0.717, 1.165) is 40.4 Å². The summed E-state index contributed by atoms with van der Waals surface area (Å²) in [6.45, 7) is 1.13. The molecule has 0 radical (unpaired) electrons. The number of fused-ring (bicyclic) bond motifs is 1. The number of unbranched alkanes of at least 4 members (excludes halogenated alkanes) is 1. The van der Waals surface area contributed by atoms with Crippen LogP contribution >= 0.6 is 27.5 Å². The molecule has 27 heavy (non-hydrogen) atoms. The Labute approximate surface area is 172 Å². The highest BCUT2D eigenvalue weighted by Crippen LogP contribution is 2.24. The molecular weight excluding hydrogens is 450 g/mol. The first-order valence-corrected chi connectivity index (χ1v) is 11.1. The number of hydrogen-bond donors (Lipinski definition) is 2. The van der Waals surface area contributed by atoms with Crippen LogP contribution in [0.1, 0.15) is 12.8 Å². The van der Waals surface area contributed by atoms with Crippen LogP contribution in [0.15, 0.2) is 64.1 Å². The zero-order valence-corrected chi connectivity index (χ0v) is 17.6. The number of rotatable bonds is 8. The average molecular weight is 469 g/mol. The molecule has 142 valence electrons. The van der Waals surface area contributed by atoms with Crippen molar-refractivity contribution in [2.24, 2.45) is 0 Å². The highest BCUT2D eigenvalue weighted by molar-refractivity contribution is 9.10. The van der Waals surface area contributed by atoms with Gasteiger partial charge in [-0.15, -0.1) is 0 Å². The number of hydrogen-bond acceptors (Lipinski definition) is 4. The van der Waals surface area contributed by atoms with Crippen LogP contribution in [0.5, 0.6) is 0 Å². The van der Waals surface area contributed by atoms with Crippen molar-refractivity contribution in [3.05, 3.63) is 64.2 Å². The molecule has 0 saturated heterocycles. The maximum atomic E-state index is 12.2. The number of pyridine rings is 1. The molecule has 0 atom stereocenters. The van der Waals surface area contributed by atoms with Crippen molar-refractivity contribution in [3.8, 4) is 0 Å². The maximum absolute atomic E-state index is 12.2. The van der Waals surface area contributed by atoms with Gasteiger partial charge in [0.25, 0.3) is 0 Å². The summed E-state index contributed by atoms with van der Waals surface area (Å²) < 4.78 is 27.9. The molecule has 1 heterocycles. The van der Waals surface area contributed by atoms with Gasteiger partial charge < -0.3 is 5.32 Å². The fraction of sp³-hybridized carbons (Fsp3) is 0.211. The maximum Gasteiger partial charge on any atom is 0.240 e. The lowest BCUT2D eigenvalue weighted by Crippen LogP contribution is -2.25. The fourth-order valence-electron chi connectivity index (χ4n) is 2.65. The molecule has 0 aliphatic rings. The third-order valence-corrected chi connectivity index (χ3v) is 6.28. The number of anilines is 1. The minimum atomic E-state index is -3.46. The SMILES string of the molecule is O=S(=O)(NCCCCNc1ccnc2cc(Cl)ccc12)c1ccc(Br)cc1. The summed E-state index contributed by atoms with van der Waals surface area (Å²) in [5.74, 6) is 0. The van der Waals surface area contributed by atoms with Gasteiger partial charge >= 0.3 is 0 Å². The largest absolute Gasteiger partial charge is 0.384 e. The van der Waals surface area contributed by atoms with Crippen molar-refractivity contribution in [1.82, 2.24) is 9.71 Å². The third kappa shape index (κ3) is 5.42. The molecule has 0 aliphatic carbocycles. The van der Waals surface area contributed by atoms with E-state index in [4.69, 9.17) is 11.6 Å². The molecule has 0 saturated carbocycles. The van der Waals surface area contributed by atoms with Gasteiger partial charge in [-0.3, -0.25) is 4.98 Å². The van der Waals surface area contributed by atoms with E-state index >= 15 is 0 Å². The minimum absolute atomic E-state index is 0.269. The van der Waals surface area contributed by atoms with Gasteiger partial charge in [-0.1, -0.05) is 27.5 Å². The van der Waals surface area contributed by atoms with E-state index in [1.54, 1.807) is 30.5 Å². The summed E-state index contributed by atoms with van der Waals surface area (Å²) in [5, 5.41) is 5.05. The van der Waals surface area contributed by atoms with E-state index in [1.165, 1.54) is 0 Å². The normalized spacial score (nSPS) is 11.6. The molecule has 2 N–H and O–H groups in total. The van der Waals surface area contributed by atoms with E-state index < -0.39 is 10.0 Å². The van der Waals surface area contributed by atoms with Crippen LogP contribution in [0.2, 0.25) is 5.02 Å². The van der Waals surface area contributed by atoms with Crippen LogP contribution in [-0.2, 0) is 10.0 Å². The van der Waals surface area contributed by atoms with Crippen LogP contribution in [0.4, 0.5) is 5.69 Å².